The van der Waals surface area contributed by atoms with Crippen molar-refractivity contribution in [1.82, 2.24) is 4.98 Å². The standard InChI is InChI=1S/C7H9NO2/c1-6-5-10-7(8-6)3-2-4-9/h4-5H,2-3H2,1H3. The number of aryl methyl sites for hydroxylation is 2. The quantitative estimate of drug-likeness (QED) is 0.589. The molecule has 0 spiro atoms. The van der Waals surface area contributed by atoms with Crippen molar-refractivity contribution < 1.29 is 9.21 Å². The van der Waals surface area contributed by atoms with E-state index in [1.165, 1.54) is 0 Å². The van der Waals surface area contributed by atoms with Crippen molar-refractivity contribution in [3.05, 3.63) is 17.8 Å². The summed E-state index contributed by atoms with van der Waals surface area (Å²) < 4.78 is 5.00. The van der Waals surface area contributed by atoms with Crippen molar-refractivity contribution in [2.75, 3.05) is 0 Å². The van der Waals surface area contributed by atoms with E-state index in [1.807, 2.05) is 6.92 Å². The predicted molar refractivity (Wildman–Crippen MR) is 35.6 cm³/mol. The smallest absolute Gasteiger partial charge is 0.194 e. The van der Waals surface area contributed by atoms with Gasteiger partial charge in [0.05, 0.1) is 5.69 Å². The molecule has 0 saturated carbocycles. The fourth-order valence-electron chi connectivity index (χ4n) is 0.700. The largest absolute Gasteiger partial charge is 0.449 e. The van der Waals surface area contributed by atoms with E-state index >= 15 is 0 Å². The number of hydrogen-bond donors (Lipinski definition) is 0. The number of aldehydes is 1. The average molecular weight is 139 g/mol. The van der Waals surface area contributed by atoms with Gasteiger partial charge in [-0.25, -0.2) is 4.98 Å². The van der Waals surface area contributed by atoms with E-state index in [1.54, 1.807) is 6.26 Å². The van der Waals surface area contributed by atoms with Gasteiger partial charge in [0.25, 0.3) is 0 Å². The van der Waals surface area contributed by atoms with Gasteiger partial charge < -0.3 is 9.21 Å². The van der Waals surface area contributed by atoms with E-state index in [2.05, 4.69) is 4.98 Å². The fraction of sp³-hybridized carbons (Fsp3) is 0.429. The highest BCUT2D eigenvalue weighted by atomic mass is 16.3. The van der Waals surface area contributed by atoms with Gasteiger partial charge in [-0.15, -0.1) is 0 Å². The van der Waals surface area contributed by atoms with Gasteiger partial charge in [-0.3, -0.25) is 0 Å². The van der Waals surface area contributed by atoms with E-state index in [9.17, 15) is 4.79 Å². The minimum absolute atomic E-state index is 0.486. The zero-order chi connectivity index (χ0) is 7.40. The maximum atomic E-state index is 9.92. The molecule has 0 amide bonds. The molecule has 3 nitrogen and oxygen atoms in total. The maximum Gasteiger partial charge on any atom is 0.194 e. The van der Waals surface area contributed by atoms with Gasteiger partial charge in [0.2, 0.25) is 0 Å². The second-order valence-corrected chi connectivity index (χ2v) is 2.09. The van der Waals surface area contributed by atoms with Crippen molar-refractivity contribution in [1.29, 1.82) is 0 Å². The van der Waals surface area contributed by atoms with E-state index in [0.717, 1.165) is 12.0 Å². The average Bonchev–Trinajstić information content (AvgIpc) is 2.31. The predicted octanol–water partition coefficient (Wildman–Crippen LogP) is 1.11. The summed E-state index contributed by atoms with van der Waals surface area (Å²) in [6.07, 6.45) is 3.54. The zero-order valence-electron chi connectivity index (χ0n) is 5.83. The highest BCUT2D eigenvalue weighted by Gasteiger charge is 1.97. The summed E-state index contributed by atoms with van der Waals surface area (Å²) in [5.74, 6) is 0.643. The molecular formula is C7H9NO2. The lowest BCUT2D eigenvalue weighted by Crippen LogP contribution is -1.85. The van der Waals surface area contributed by atoms with Gasteiger partial charge in [-0.05, 0) is 6.92 Å². The molecule has 10 heavy (non-hydrogen) atoms. The van der Waals surface area contributed by atoms with Gasteiger partial charge in [-0.2, -0.15) is 0 Å². The SMILES string of the molecule is Cc1coc(CCC=O)n1. The van der Waals surface area contributed by atoms with Gasteiger partial charge in [-0.1, -0.05) is 0 Å². The third kappa shape index (κ3) is 1.69. The van der Waals surface area contributed by atoms with Crippen LogP contribution in [0.2, 0.25) is 0 Å². The van der Waals surface area contributed by atoms with Crippen LogP contribution >= 0.6 is 0 Å². The maximum absolute atomic E-state index is 9.92. The second-order valence-electron chi connectivity index (χ2n) is 2.09. The molecule has 0 N–H and O–H groups in total. The minimum Gasteiger partial charge on any atom is -0.449 e. The monoisotopic (exact) mass is 139 g/mol. The first-order chi connectivity index (χ1) is 4.83. The molecule has 3 heteroatoms. The molecule has 54 valence electrons. The van der Waals surface area contributed by atoms with Gasteiger partial charge in [0, 0.05) is 12.8 Å². The number of carbonyl (C=O) groups is 1. The van der Waals surface area contributed by atoms with Gasteiger partial charge in [0.1, 0.15) is 12.5 Å². The Bertz CT molecular complexity index is 217. The molecule has 1 heterocycles. The van der Waals surface area contributed by atoms with E-state index in [4.69, 9.17) is 4.42 Å². The first-order valence-corrected chi connectivity index (χ1v) is 3.17. The van der Waals surface area contributed by atoms with Crippen molar-refractivity contribution in [2.45, 2.75) is 19.8 Å². The van der Waals surface area contributed by atoms with Gasteiger partial charge in [0.15, 0.2) is 5.89 Å². The van der Waals surface area contributed by atoms with Crippen molar-refractivity contribution in [2.24, 2.45) is 0 Å². The molecule has 0 fully saturated rings. The van der Waals surface area contributed by atoms with Crippen molar-refractivity contribution in [3.63, 3.8) is 0 Å². The van der Waals surface area contributed by atoms with Crippen LogP contribution in [0, 0.1) is 6.92 Å². The molecule has 0 unspecified atom stereocenters. The third-order valence-electron chi connectivity index (χ3n) is 1.14. The highest BCUT2D eigenvalue weighted by Crippen LogP contribution is 2.01. The van der Waals surface area contributed by atoms with Crippen LogP contribution < -0.4 is 0 Å². The Morgan fingerprint density at radius 1 is 1.80 bits per heavy atom. The van der Waals surface area contributed by atoms with Crippen molar-refractivity contribution >= 4 is 6.29 Å². The molecule has 1 aromatic rings. The number of rotatable bonds is 3. The number of carbonyl (C=O) groups excluding carboxylic acids is 1. The van der Waals surface area contributed by atoms with Gasteiger partial charge >= 0.3 is 0 Å². The summed E-state index contributed by atoms with van der Waals surface area (Å²) in [5, 5.41) is 0. The third-order valence-corrected chi connectivity index (χ3v) is 1.14. The van der Waals surface area contributed by atoms with E-state index < -0.39 is 0 Å². The summed E-state index contributed by atoms with van der Waals surface area (Å²) in [6, 6.07) is 0. The van der Waals surface area contributed by atoms with E-state index in [-0.39, 0.29) is 0 Å². The lowest BCUT2D eigenvalue weighted by molar-refractivity contribution is -0.107. The Kier molecular flexibility index (Phi) is 2.20. The summed E-state index contributed by atoms with van der Waals surface area (Å²) >= 11 is 0. The van der Waals surface area contributed by atoms with Crippen LogP contribution in [-0.4, -0.2) is 11.3 Å². The summed E-state index contributed by atoms with van der Waals surface area (Å²) in [7, 11) is 0. The Balaban J connectivity index is 2.49. The molecule has 1 rings (SSSR count). The first kappa shape index (κ1) is 6.99. The van der Waals surface area contributed by atoms with Crippen LogP contribution in [-0.2, 0) is 11.2 Å². The van der Waals surface area contributed by atoms with Crippen LogP contribution in [0.3, 0.4) is 0 Å². The number of oxazole rings is 1. The molecule has 0 aromatic carbocycles. The summed E-state index contributed by atoms with van der Waals surface area (Å²) in [4.78, 5) is 13.9. The molecule has 0 atom stereocenters. The Hall–Kier alpha value is -1.12. The van der Waals surface area contributed by atoms with Crippen LogP contribution in [0.15, 0.2) is 10.7 Å². The Morgan fingerprint density at radius 3 is 3.10 bits per heavy atom. The number of nitrogens with zero attached hydrogens (tertiary/aromatic N) is 1. The van der Waals surface area contributed by atoms with Crippen LogP contribution in [0.25, 0.3) is 0 Å². The topological polar surface area (TPSA) is 43.1 Å². The fourth-order valence-corrected chi connectivity index (χ4v) is 0.700. The molecule has 0 radical (unpaired) electrons. The first-order valence-electron chi connectivity index (χ1n) is 3.17. The zero-order valence-corrected chi connectivity index (χ0v) is 5.83. The van der Waals surface area contributed by atoms with Crippen LogP contribution in [0.4, 0.5) is 0 Å². The molecule has 0 saturated heterocycles. The second kappa shape index (κ2) is 3.15. The lowest BCUT2D eigenvalue weighted by Gasteiger charge is -1.84. The molecule has 0 aliphatic heterocycles. The Morgan fingerprint density at radius 2 is 2.60 bits per heavy atom. The number of aromatic nitrogens is 1. The molecule has 0 aliphatic rings. The normalized spacial score (nSPS) is 9.70. The van der Waals surface area contributed by atoms with Crippen LogP contribution in [0.1, 0.15) is 18.0 Å². The Labute approximate surface area is 59.1 Å². The molecule has 1 aromatic heterocycles. The molecule has 0 aliphatic carbocycles. The van der Waals surface area contributed by atoms with Crippen molar-refractivity contribution in [3.8, 4) is 0 Å². The minimum atomic E-state index is 0.486. The highest BCUT2D eigenvalue weighted by molar-refractivity contribution is 5.49. The van der Waals surface area contributed by atoms with E-state index in [0.29, 0.717) is 18.7 Å². The molecule has 0 bridgehead atoms. The lowest BCUT2D eigenvalue weighted by atomic mass is 10.3. The van der Waals surface area contributed by atoms with Crippen LogP contribution in [0.5, 0.6) is 0 Å². The summed E-state index contributed by atoms with van der Waals surface area (Å²) in [5.41, 5.74) is 0.862. The summed E-state index contributed by atoms with van der Waals surface area (Å²) in [6.45, 7) is 1.86. The molecular weight excluding hydrogens is 130 g/mol. The number of hydrogen-bond acceptors (Lipinski definition) is 3.